The van der Waals surface area contributed by atoms with Crippen molar-refractivity contribution in [3.05, 3.63) is 0 Å². The maximum Gasteiger partial charge on any atom is 0.0478 e. The lowest BCUT2D eigenvalue weighted by Gasteiger charge is -2.20. The fourth-order valence-electron chi connectivity index (χ4n) is 1.43. The van der Waals surface area contributed by atoms with Crippen LogP contribution in [0.4, 0.5) is 0 Å². The van der Waals surface area contributed by atoms with Gasteiger partial charge in [-0.15, -0.1) is 0 Å². The van der Waals surface area contributed by atoms with Gasteiger partial charge in [-0.25, -0.2) is 0 Å². The summed E-state index contributed by atoms with van der Waals surface area (Å²) in [5.74, 6) is 0. The van der Waals surface area contributed by atoms with Gasteiger partial charge in [0.05, 0.1) is 0 Å². The van der Waals surface area contributed by atoms with Gasteiger partial charge in [0.1, 0.15) is 0 Å². The van der Waals surface area contributed by atoms with Gasteiger partial charge in [0, 0.05) is 32.8 Å². The number of rotatable bonds is 10. The summed E-state index contributed by atoms with van der Waals surface area (Å²) in [6.07, 6.45) is 3.65. The molecule has 3 nitrogen and oxygen atoms in total. The maximum absolute atomic E-state index is 5.56. The summed E-state index contributed by atoms with van der Waals surface area (Å²) in [6.45, 7) is 10.0. The second-order valence-electron chi connectivity index (χ2n) is 3.53. The Morgan fingerprint density at radius 1 is 1.07 bits per heavy atom. The Morgan fingerprint density at radius 2 is 1.79 bits per heavy atom. The Hall–Kier alpha value is -0.120. The van der Waals surface area contributed by atoms with Crippen LogP contribution in [0.1, 0.15) is 33.1 Å². The lowest BCUT2D eigenvalue weighted by Crippen LogP contribution is -2.31. The molecule has 3 heteroatoms. The molecule has 0 fully saturated rings. The standard InChI is InChI=1S/C11H26N2O/c1-3-5-8-13(10-7-12)9-6-11-14-4-2/h3-12H2,1-2H3. The van der Waals surface area contributed by atoms with E-state index in [0.717, 1.165) is 39.3 Å². The first kappa shape index (κ1) is 13.9. The Labute approximate surface area is 88.6 Å². The summed E-state index contributed by atoms with van der Waals surface area (Å²) in [6, 6.07) is 0. The smallest absolute Gasteiger partial charge is 0.0478 e. The normalized spacial score (nSPS) is 11.1. The lowest BCUT2D eigenvalue weighted by molar-refractivity contribution is 0.132. The van der Waals surface area contributed by atoms with E-state index in [1.807, 2.05) is 6.92 Å². The highest BCUT2D eigenvalue weighted by atomic mass is 16.5. The van der Waals surface area contributed by atoms with Crippen LogP contribution in [0.15, 0.2) is 0 Å². The average molecular weight is 202 g/mol. The lowest BCUT2D eigenvalue weighted by atomic mass is 10.3. The minimum atomic E-state index is 0.762. The number of ether oxygens (including phenoxy) is 1. The van der Waals surface area contributed by atoms with Crippen LogP contribution in [-0.4, -0.2) is 44.3 Å². The summed E-state index contributed by atoms with van der Waals surface area (Å²) in [5.41, 5.74) is 5.56. The number of nitrogens with two attached hydrogens (primary N) is 1. The predicted molar refractivity (Wildman–Crippen MR) is 61.5 cm³/mol. The molecule has 0 spiro atoms. The molecule has 0 aliphatic carbocycles. The van der Waals surface area contributed by atoms with Crippen molar-refractivity contribution in [1.82, 2.24) is 4.90 Å². The van der Waals surface area contributed by atoms with E-state index < -0.39 is 0 Å². The minimum absolute atomic E-state index is 0.762. The van der Waals surface area contributed by atoms with Gasteiger partial charge in [-0.05, 0) is 26.3 Å². The van der Waals surface area contributed by atoms with Crippen molar-refractivity contribution < 1.29 is 4.74 Å². The number of unbranched alkanes of at least 4 members (excludes halogenated alkanes) is 1. The Kier molecular flexibility index (Phi) is 10.9. The molecule has 0 aliphatic heterocycles. The highest BCUT2D eigenvalue weighted by molar-refractivity contribution is 4.58. The fourth-order valence-corrected chi connectivity index (χ4v) is 1.43. The molecule has 0 bridgehead atoms. The molecule has 0 aromatic heterocycles. The average Bonchev–Trinajstić information content (AvgIpc) is 2.20. The molecule has 0 amide bonds. The van der Waals surface area contributed by atoms with Gasteiger partial charge < -0.3 is 15.4 Å². The van der Waals surface area contributed by atoms with Crippen molar-refractivity contribution in [2.45, 2.75) is 33.1 Å². The third-order valence-corrected chi connectivity index (χ3v) is 2.24. The van der Waals surface area contributed by atoms with Crippen LogP contribution in [0, 0.1) is 0 Å². The highest BCUT2D eigenvalue weighted by Crippen LogP contribution is 1.96. The number of hydrogen-bond acceptors (Lipinski definition) is 3. The Balaban J connectivity index is 3.40. The van der Waals surface area contributed by atoms with Crippen molar-refractivity contribution >= 4 is 0 Å². The third kappa shape index (κ3) is 8.48. The summed E-state index contributed by atoms with van der Waals surface area (Å²) in [5, 5.41) is 0. The van der Waals surface area contributed by atoms with Crippen LogP contribution >= 0.6 is 0 Å². The first-order valence-corrected chi connectivity index (χ1v) is 5.85. The minimum Gasteiger partial charge on any atom is -0.382 e. The van der Waals surface area contributed by atoms with Gasteiger partial charge >= 0.3 is 0 Å². The van der Waals surface area contributed by atoms with Crippen molar-refractivity contribution in [3.8, 4) is 0 Å². The molecule has 0 atom stereocenters. The summed E-state index contributed by atoms with van der Waals surface area (Å²) >= 11 is 0. The molecule has 86 valence electrons. The van der Waals surface area contributed by atoms with Crippen molar-refractivity contribution in [2.24, 2.45) is 5.73 Å². The highest BCUT2D eigenvalue weighted by Gasteiger charge is 2.02. The fraction of sp³-hybridized carbons (Fsp3) is 1.00. The van der Waals surface area contributed by atoms with Gasteiger partial charge in [-0.1, -0.05) is 13.3 Å². The van der Waals surface area contributed by atoms with Crippen LogP contribution in [0.2, 0.25) is 0 Å². The first-order valence-electron chi connectivity index (χ1n) is 5.85. The summed E-state index contributed by atoms with van der Waals surface area (Å²) < 4.78 is 5.31. The monoisotopic (exact) mass is 202 g/mol. The van der Waals surface area contributed by atoms with E-state index in [9.17, 15) is 0 Å². The predicted octanol–water partition coefficient (Wildman–Crippen LogP) is 1.47. The molecule has 0 aromatic carbocycles. The van der Waals surface area contributed by atoms with Crippen LogP contribution in [0.3, 0.4) is 0 Å². The number of nitrogens with zero attached hydrogens (tertiary/aromatic N) is 1. The second kappa shape index (κ2) is 11.0. The molecule has 0 rings (SSSR count). The molecule has 14 heavy (non-hydrogen) atoms. The summed E-state index contributed by atoms with van der Waals surface area (Å²) in [4.78, 5) is 2.43. The van der Waals surface area contributed by atoms with Gasteiger partial charge in [0.2, 0.25) is 0 Å². The molecule has 0 radical (unpaired) electrons. The Morgan fingerprint density at radius 3 is 2.36 bits per heavy atom. The van der Waals surface area contributed by atoms with Crippen LogP contribution in [-0.2, 0) is 4.74 Å². The van der Waals surface area contributed by atoms with Crippen LogP contribution in [0.25, 0.3) is 0 Å². The Bertz CT molecular complexity index is 109. The van der Waals surface area contributed by atoms with E-state index in [0.29, 0.717) is 0 Å². The van der Waals surface area contributed by atoms with E-state index in [2.05, 4.69) is 11.8 Å². The van der Waals surface area contributed by atoms with Crippen molar-refractivity contribution in [2.75, 3.05) is 39.4 Å². The molecule has 0 unspecified atom stereocenters. The molecule has 0 saturated carbocycles. The van der Waals surface area contributed by atoms with E-state index in [1.54, 1.807) is 0 Å². The largest absolute Gasteiger partial charge is 0.382 e. The van der Waals surface area contributed by atoms with Gasteiger partial charge in [-0.3, -0.25) is 0 Å². The van der Waals surface area contributed by atoms with E-state index in [4.69, 9.17) is 10.5 Å². The molecule has 0 heterocycles. The first-order chi connectivity index (χ1) is 6.85. The molecular formula is C11H26N2O. The van der Waals surface area contributed by atoms with Crippen LogP contribution in [0.5, 0.6) is 0 Å². The van der Waals surface area contributed by atoms with Gasteiger partial charge in [0.25, 0.3) is 0 Å². The second-order valence-corrected chi connectivity index (χ2v) is 3.53. The third-order valence-electron chi connectivity index (χ3n) is 2.24. The van der Waals surface area contributed by atoms with Gasteiger partial charge in [-0.2, -0.15) is 0 Å². The van der Waals surface area contributed by atoms with E-state index >= 15 is 0 Å². The quantitative estimate of drug-likeness (QED) is 0.545. The van der Waals surface area contributed by atoms with Crippen molar-refractivity contribution in [1.29, 1.82) is 0 Å². The van der Waals surface area contributed by atoms with Gasteiger partial charge in [0.15, 0.2) is 0 Å². The molecular weight excluding hydrogens is 176 g/mol. The molecule has 0 aromatic rings. The van der Waals surface area contributed by atoms with Crippen LogP contribution < -0.4 is 5.73 Å². The molecule has 0 saturated heterocycles. The maximum atomic E-state index is 5.56. The van der Waals surface area contributed by atoms with E-state index in [-0.39, 0.29) is 0 Å². The zero-order valence-electron chi connectivity index (χ0n) is 9.80. The SMILES string of the molecule is CCCCN(CCN)CCCOCC. The summed E-state index contributed by atoms with van der Waals surface area (Å²) in [7, 11) is 0. The zero-order valence-corrected chi connectivity index (χ0v) is 9.80. The number of hydrogen-bond donors (Lipinski definition) is 1. The van der Waals surface area contributed by atoms with Crippen molar-refractivity contribution in [3.63, 3.8) is 0 Å². The molecule has 0 aliphatic rings. The molecule has 2 N–H and O–H groups in total. The topological polar surface area (TPSA) is 38.5 Å². The zero-order chi connectivity index (χ0) is 10.6. The van der Waals surface area contributed by atoms with E-state index in [1.165, 1.54) is 19.4 Å².